The van der Waals surface area contributed by atoms with Gasteiger partial charge in [-0.05, 0) is 5.56 Å². The van der Waals surface area contributed by atoms with E-state index < -0.39 is 12.1 Å². The molecule has 1 aliphatic rings. The number of rotatable bonds is 3. The minimum atomic E-state index is -0.623. The van der Waals surface area contributed by atoms with Crippen molar-refractivity contribution in [3.8, 4) is 0 Å². The molecule has 0 spiro atoms. The lowest BCUT2D eigenvalue weighted by Gasteiger charge is -2.29. The zero-order chi connectivity index (χ0) is 13.9. The van der Waals surface area contributed by atoms with Crippen molar-refractivity contribution in [1.82, 2.24) is 20.6 Å². The van der Waals surface area contributed by atoms with Crippen molar-refractivity contribution in [3.63, 3.8) is 0 Å². The summed E-state index contributed by atoms with van der Waals surface area (Å²) in [6.07, 6.45) is 3.59. The van der Waals surface area contributed by atoms with Gasteiger partial charge < -0.3 is 15.6 Å². The first-order valence-corrected chi connectivity index (χ1v) is 6.37. The van der Waals surface area contributed by atoms with Crippen LogP contribution in [0.3, 0.4) is 0 Å². The zero-order valence-electron chi connectivity index (χ0n) is 10.7. The second kappa shape index (κ2) is 5.16. The van der Waals surface area contributed by atoms with E-state index in [2.05, 4.69) is 20.6 Å². The summed E-state index contributed by atoms with van der Waals surface area (Å²) in [6, 6.07) is 7.99. The second-order valence-electron chi connectivity index (χ2n) is 4.69. The standard InChI is InChI=1S/C14H14N4O2/c19-13-11(6-10-7-15-8-16-10)17-14(20)12(18-13)9-4-2-1-3-5-9/h1-5,7-8,11-12H,6H2,(H,15,16)(H,17,20)(H,18,19)/t11-,12-/m0/s1. The van der Waals surface area contributed by atoms with E-state index in [0.29, 0.717) is 6.42 Å². The predicted molar refractivity (Wildman–Crippen MR) is 71.5 cm³/mol. The molecule has 1 saturated heterocycles. The number of nitrogens with one attached hydrogen (secondary N) is 3. The summed E-state index contributed by atoms with van der Waals surface area (Å²) in [5.74, 6) is -0.381. The monoisotopic (exact) mass is 270 g/mol. The number of carbonyl (C=O) groups is 2. The van der Waals surface area contributed by atoms with Crippen LogP contribution in [-0.2, 0) is 16.0 Å². The van der Waals surface area contributed by atoms with Crippen molar-refractivity contribution in [2.24, 2.45) is 0 Å². The molecule has 2 atom stereocenters. The zero-order valence-corrected chi connectivity index (χ0v) is 10.7. The van der Waals surface area contributed by atoms with Crippen LogP contribution in [-0.4, -0.2) is 27.8 Å². The molecule has 6 nitrogen and oxygen atoms in total. The van der Waals surface area contributed by atoms with Crippen LogP contribution in [0.25, 0.3) is 0 Å². The Morgan fingerprint density at radius 1 is 1.05 bits per heavy atom. The Balaban J connectivity index is 1.73. The Morgan fingerprint density at radius 2 is 1.85 bits per heavy atom. The molecule has 1 fully saturated rings. The SMILES string of the molecule is O=C1N[C@@H](c2ccccc2)C(=O)N[C@H]1Cc1cnc[nH]1. The summed E-state index contributed by atoms with van der Waals surface area (Å²) in [5, 5.41) is 5.51. The molecule has 2 heterocycles. The molecule has 102 valence electrons. The average molecular weight is 270 g/mol. The third-order valence-electron chi connectivity index (χ3n) is 3.29. The van der Waals surface area contributed by atoms with E-state index in [1.165, 1.54) is 0 Å². The molecule has 1 aromatic carbocycles. The molecule has 2 aromatic rings. The third-order valence-corrected chi connectivity index (χ3v) is 3.29. The molecule has 1 aromatic heterocycles. The number of nitrogens with zero attached hydrogens (tertiary/aromatic N) is 1. The van der Waals surface area contributed by atoms with Crippen molar-refractivity contribution in [2.75, 3.05) is 0 Å². The van der Waals surface area contributed by atoms with E-state index in [1.54, 1.807) is 12.5 Å². The molecule has 0 radical (unpaired) electrons. The molecule has 0 unspecified atom stereocenters. The van der Waals surface area contributed by atoms with Gasteiger partial charge in [0.05, 0.1) is 6.33 Å². The Bertz CT molecular complexity index is 609. The summed E-state index contributed by atoms with van der Waals surface area (Å²) >= 11 is 0. The van der Waals surface area contributed by atoms with E-state index >= 15 is 0 Å². The Morgan fingerprint density at radius 3 is 2.55 bits per heavy atom. The van der Waals surface area contributed by atoms with E-state index in [0.717, 1.165) is 11.3 Å². The lowest BCUT2D eigenvalue weighted by Crippen LogP contribution is -2.58. The number of amides is 2. The molecular weight excluding hydrogens is 256 g/mol. The fraction of sp³-hybridized carbons (Fsp3) is 0.214. The van der Waals surface area contributed by atoms with Crippen LogP contribution in [0, 0.1) is 0 Å². The van der Waals surface area contributed by atoms with Crippen LogP contribution in [0.4, 0.5) is 0 Å². The maximum absolute atomic E-state index is 12.1. The highest BCUT2D eigenvalue weighted by atomic mass is 16.2. The topological polar surface area (TPSA) is 86.9 Å². The highest BCUT2D eigenvalue weighted by Gasteiger charge is 2.34. The van der Waals surface area contributed by atoms with Crippen molar-refractivity contribution in [3.05, 3.63) is 54.1 Å². The van der Waals surface area contributed by atoms with Crippen LogP contribution in [0.15, 0.2) is 42.9 Å². The maximum Gasteiger partial charge on any atom is 0.247 e. The van der Waals surface area contributed by atoms with Gasteiger partial charge >= 0.3 is 0 Å². The van der Waals surface area contributed by atoms with Gasteiger partial charge in [-0.15, -0.1) is 0 Å². The number of imidazole rings is 1. The van der Waals surface area contributed by atoms with Gasteiger partial charge in [0.2, 0.25) is 11.8 Å². The van der Waals surface area contributed by atoms with Crippen molar-refractivity contribution < 1.29 is 9.59 Å². The fourth-order valence-corrected chi connectivity index (χ4v) is 2.27. The minimum Gasteiger partial charge on any atom is -0.348 e. The van der Waals surface area contributed by atoms with Gasteiger partial charge in [-0.3, -0.25) is 9.59 Å². The number of hydrogen-bond acceptors (Lipinski definition) is 3. The van der Waals surface area contributed by atoms with Gasteiger partial charge in [-0.1, -0.05) is 30.3 Å². The third kappa shape index (κ3) is 2.40. The first-order valence-electron chi connectivity index (χ1n) is 6.37. The molecule has 20 heavy (non-hydrogen) atoms. The van der Waals surface area contributed by atoms with Crippen LogP contribution < -0.4 is 10.6 Å². The predicted octanol–water partition coefficient (Wildman–Crippen LogP) is 0.308. The molecule has 1 aliphatic heterocycles. The summed E-state index contributed by atoms with van der Waals surface area (Å²) in [6.45, 7) is 0. The Hall–Kier alpha value is -2.63. The summed E-state index contributed by atoms with van der Waals surface area (Å²) in [4.78, 5) is 31.0. The number of aromatic nitrogens is 2. The van der Waals surface area contributed by atoms with Gasteiger partial charge in [-0.25, -0.2) is 4.98 Å². The van der Waals surface area contributed by atoms with Crippen LogP contribution >= 0.6 is 0 Å². The van der Waals surface area contributed by atoms with Crippen molar-refractivity contribution >= 4 is 11.8 Å². The van der Waals surface area contributed by atoms with Crippen molar-refractivity contribution in [2.45, 2.75) is 18.5 Å². The number of hydrogen-bond donors (Lipinski definition) is 3. The quantitative estimate of drug-likeness (QED) is 0.750. The molecule has 3 rings (SSSR count). The van der Waals surface area contributed by atoms with Crippen LogP contribution in [0.5, 0.6) is 0 Å². The lowest BCUT2D eigenvalue weighted by molar-refractivity contribution is -0.136. The Kier molecular flexibility index (Phi) is 3.20. The van der Waals surface area contributed by atoms with Gasteiger partial charge in [0, 0.05) is 18.3 Å². The van der Waals surface area contributed by atoms with Gasteiger partial charge in [0.1, 0.15) is 12.1 Å². The smallest absolute Gasteiger partial charge is 0.247 e. The molecular formula is C14H14N4O2. The number of carbonyl (C=O) groups excluding carboxylic acids is 2. The average Bonchev–Trinajstić information content (AvgIpc) is 2.96. The van der Waals surface area contributed by atoms with Crippen LogP contribution in [0.1, 0.15) is 17.3 Å². The van der Waals surface area contributed by atoms with Gasteiger partial charge in [-0.2, -0.15) is 0 Å². The van der Waals surface area contributed by atoms with E-state index in [9.17, 15) is 9.59 Å². The number of H-pyrrole nitrogens is 1. The molecule has 2 amide bonds. The lowest BCUT2D eigenvalue weighted by atomic mass is 10.0. The second-order valence-corrected chi connectivity index (χ2v) is 4.69. The fourth-order valence-electron chi connectivity index (χ4n) is 2.27. The van der Waals surface area contributed by atoms with Crippen LogP contribution in [0.2, 0.25) is 0 Å². The van der Waals surface area contributed by atoms with Gasteiger partial charge in [0.25, 0.3) is 0 Å². The first kappa shape index (κ1) is 12.4. The molecule has 6 heteroatoms. The molecule has 0 aliphatic carbocycles. The number of piperazine rings is 1. The van der Waals surface area contributed by atoms with Gasteiger partial charge in [0.15, 0.2) is 0 Å². The summed E-state index contributed by atoms with van der Waals surface area (Å²) in [7, 11) is 0. The highest BCUT2D eigenvalue weighted by Crippen LogP contribution is 2.17. The maximum atomic E-state index is 12.1. The highest BCUT2D eigenvalue weighted by molar-refractivity contribution is 5.97. The molecule has 0 bridgehead atoms. The summed E-state index contributed by atoms with van der Waals surface area (Å²) in [5.41, 5.74) is 1.59. The largest absolute Gasteiger partial charge is 0.348 e. The number of aromatic amines is 1. The molecule has 0 saturated carbocycles. The minimum absolute atomic E-state index is 0.187. The van der Waals surface area contributed by atoms with E-state index in [-0.39, 0.29) is 11.8 Å². The van der Waals surface area contributed by atoms with Crippen molar-refractivity contribution in [1.29, 1.82) is 0 Å². The Labute approximate surface area is 115 Å². The molecule has 3 N–H and O–H groups in total. The van der Waals surface area contributed by atoms with E-state index in [4.69, 9.17) is 0 Å². The normalized spacial score (nSPS) is 22.2. The first-order chi connectivity index (χ1) is 9.74. The van der Waals surface area contributed by atoms with E-state index in [1.807, 2.05) is 30.3 Å². The number of benzene rings is 1. The summed E-state index contributed by atoms with van der Waals surface area (Å²) < 4.78 is 0.